The van der Waals surface area contributed by atoms with E-state index < -0.39 is 9.84 Å². The fourth-order valence-corrected chi connectivity index (χ4v) is 4.10. The molecule has 7 heteroatoms. The number of ketones is 1. The highest BCUT2D eigenvalue weighted by Crippen LogP contribution is 2.17. The molecule has 0 saturated heterocycles. The van der Waals surface area contributed by atoms with Crippen LogP contribution in [0.2, 0.25) is 0 Å². The molecule has 0 bridgehead atoms. The third-order valence-corrected chi connectivity index (χ3v) is 5.88. The molecule has 0 saturated carbocycles. The third-order valence-electron chi connectivity index (χ3n) is 3.45. The number of nitrogens with zero attached hydrogens (tertiary/aromatic N) is 2. The summed E-state index contributed by atoms with van der Waals surface area (Å²) in [5.74, 6) is -0.163. The second-order valence-corrected chi connectivity index (χ2v) is 8.06. The van der Waals surface area contributed by atoms with Gasteiger partial charge >= 0.3 is 0 Å². The lowest BCUT2D eigenvalue weighted by Gasteiger charge is -2.06. The van der Waals surface area contributed by atoms with Gasteiger partial charge in [-0.25, -0.2) is 8.42 Å². The van der Waals surface area contributed by atoms with Gasteiger partial charge in [-0.3, -0.25) is 4.79 Å². The van der Waals surface area contributed by atoms with Crippen molar-refractivity contribution in [3.8, 4) is 0 Å². The van der Waals surface area contributed by atoms with Crippen LogP contribution in [0.15, 0.2) is 65.0 Å². The van der Waals surface area contributed by atoms with Crippen molar-refractivity contribution in [2.24, 2.45) is 0 Å². The van der Waals surface area contributed by atoms with Crippen LogP contribution in [-0.4, -0.2) is 24.4 Å². The summed E-state index contributed by atoms with van der Waals surface area (Å²) in [4.78, 5) is 12.3. The van der Waals surface area contributed by atoms with Crippen LogP contribution in [-0.2, 0) is 22.0 Å². The van der Waals surface area contributed by atoms with E-state index in [0.717, 1.165) is 5.56 Å². The summed E-state index contributed by atoms with van der Waals surface area (Å²) in [7, 11) is -3.37. The predicted octanol–water partition coefficient (Wildman–Crippen LogP) is 2.94. The Labute approximate surface area is 143 Å². The number of hydrogen-bond acceptors (Lipinski definition) is 6. The van der Waals surface area contributed by atoms with Gasteiger partial charge in [-0.15, -0.1) is 10.2 Å². The van der Waals surface area contributed by atoms with E-state index in [9.17, 15) is 13.2 Å². The first-order chi connectivity index (χ1) is 11.5. The Morgan fingerprint density at radius 2 is 1.62 bits per heavy atom. The molecule has 3 rings (SSSR count). The van der Waals surface area contributed by atoms with Gasteiger partial charge in [-0.05, 0) is 23.3 Å². The zero-order valence-electron chi connectivity index (χ0n) is 12.6. The first-order valence-electron chi connectivity index (χ1n) is 7.19. The molecule has 1 aromatic heterocycles. The maximum absolute atomic E-state index is 12.4. The molecule has 0 N–H and O–H groups in total. The van der Waals surface area contributed by atoms with E-state index in [1.807, 2.05) is 0 Å². The summed E-state index contributed by atoms with van der Waals surface area (Å²) < 4.78 is 24.7. The Morgan fingerprint density at radius 1 is 0.958 bits per heavy atom. The quantitative estimate of drug-likeness (QED) is 0.633. The largest absolute Gasteiger partial charge is 0.291 e. The lowest BCUT2D eigenvalue weighted by molar-refractivity contribution is 0.0992. The highest BCUT2D eigenvalue weighted by Gasteiger charge is 2.15. The first kappa shape index (κ1) is 16.5. The molecule has 24 heavy (non-hydrogen) atoms. The minimum absolute atomic E-state index is 0.0678. The molecule has 1 heterocycles. The van der Waals surface area contributed by atoms with Gasteiger partial charge in [0.2, 0.25) is 0 Å². The van der Waals surface area contributed by atoms with Crippen molar-refractivity contribution in [2.75, 3.05) is 0 Å². The number of sulfone groups is 1. The van der Waals surface area contributed by atoms with Gasteiger partial charge in [0, 0.05) is 6.42 Å². The first-order valence-corrected chi connectivity index (χ1v) is 9.73. The number of carbonyl (C=O) groups excluding carboxylic acids is 1. The molecule has 2 aromatic carbocycles. The van der Waals surface area contributed by atoms with Crippen molar-refractivity contribution in [3.05, 3.63) is 76.2 Å². The van der Waals surface area contributed by atoms with Crippen LogP contribution in [0.25, 0.3) is 0 Å². The Balaban J connectivity index is 1.70. The second-order valence-electron chi connectivity index (χ2n) is 5.23. The van der Waals surface area contributed by atoms with Crippen LogP contribution in [0.5, 0.6) is 0 Å². The fraction of sp³-hybridized carbons (Fsp3) is 0.118. The van der Waals surface area contributed by atoms with E-state index in [-0.39, 0.29) is 18.0 Å². The average molecular weight is 358 g/mol. The van der Waals surface area contributed by atoms with E-state index in [1.54, 1.807) is 54.6 Å². The van der Waals surface area contributed by atoms with E-state index in [4.69, 9.17) is 0 Å². The van der Waals surface area contributed by atoms with Gasteiger partial charge in [0.25, 0.3) is 0 Å². The van der Waals surface area contributed by atoms with Crippen molar-refractivity contribution >= 4 is 27.0 Å². The van der Waals surface area contributed by atoms with Crippen molar-refractivity contribution in [1.29, 1.82) is 0 Å². The normalized spacial score (nSPS) is 11.3. The average Bonchev–Trinajstić information content (AvgIpc) is 3.12. The molecule has 0 fully saturated rings. The molecular formula is C17H14N2O3S2. The number of rotatable bonds is 6. The number of benzene rings is 2. The summed E-state index contributed by atoms with van der Waals surface area (Å²) in [5, 5.41) is 7.78. The maximum atomic E-state index is 12.4. The Hall–Kier alpha value is -2.38. The molecule has 0 unspecified atom stereocenters. The van der Waals surface area contributed by atoms with Gasteiger partial charge < -0.3 is 0 Å². The van der Waals surface area contributed by atoms with Crippen LogP contribution >= 0.6 is 11.3 Å². The Morgan fingerprint density at radius 3 is 2.25 bits per heavy atom. The summed E-state index contributed by atoms with van der Waals surface area (Å²) in [6.07, 6.45) is 0.223. The van der Waals surface area contributed by atoms with Crippen LogP contribution in [0.4, 0.5) is 0 Å². The lowest BCUT2D eigenvalue weighted by atomic mass is 10.1. The molecule has 0 aliphatic rings. The highest BCUT2D eigenvalue weighted by atomic mass is 32.2. The van der Waals surface area contributed by atoms with Gasteiger partial charge in [0.1, 0.15) is 5.51 Å². The summed E-state index contributed by atoms with van der Waals surface area (Å²) in [6, 6.07) is 15.4. The van der Waals surface area contributed by atoms with E-state index in [1.165, 1.54) is 16.8 Å². The molecule has 0 radical (unpaired) electrons. The van der Waals surface area contributed by atoms with Crippen molar-refractivity contribution in [3.63, 3.8) is 0 Å². The fourth-order valence-electron chi connectivity index (χ4n) is 2.24. The molecule has 0 aliphatic carbocycles. The molecule has 122 valence electrons. The van der Waals surface area contributed by atoms with E-state index in [2.05, 4.69) is 10.2 Å². The van der Waals surface area contributed by atoms with Crippen LogP contribution in [0, 0.1) is 0 Å². The lowest BCUT2D eigenvalue weighted by Crippen LogP contribution is -2.06. The molecule has 0 spiro atoms. The third kappa shape index (κ3) is 3.93. The molecule has 0 aliphatic heterocycles. The number of hydrogen-bond donors (Lipinski definition) is 0. The monoisotopic (exact) mass is 358 g/mol. The molecule has 0 amide bonds. The van der Waals surface area contributed by atoms with Crippen LogP contribution < -0.4 is 0 Å². The summed E-state index contributed by atoms with van der Waals surface area (Å²) in [6.45, 7) is 0. The predicted molar refractivity (Wildman–Crippen MR) is 91.7 cm³/mol. The minimum Gasteiger partial charge on any atom is -0.291 e. The molecule has 3 aromatic rings. The van der Waals surface area contributed by atoms with Crippen LogP contribution in [0.1, 0.15) is 20.9 Å². The van der Waals surface area contributed by atoms with E-state index in [0.29, 0.717) is 15.5 Å². The standard InChI is InChI=1S/C17H14N2O3S2/c20-16(17-19-18-12-23-17)10-13-6-8-14(9-7-13)11-24(21,22)15-4-2-1-3-5-15/h1-9,12H,10-11H2. The van der Waals surface area contributed by atoms with Gasteiger partial charge in [0.05, 0.1) is 10.6 Å². The van der Waals surface area contributed by atoms with Gasteiger partial charge in [0.15, 0.2) is 20.6 Å². The molecular weight excluding hydrogens is 344 g/mol. The Bertz CT molecular complexity index is 920. The maximum Gasteiger partial charge on any atom is 0.197 e. The van der Waals surface area contributed by atoms with Crippen LogP contribution in [0.3, 0.4) is 0 Å². The number of carbonyl (C=O) groups is 1. The van der Waals surface area contributed by atoms with Gasteiger partial charge in [-0.1, -0.05) is 53.8 Å². The second kappa shape index (κ2) is 7.02. The summed E-state index contributed by atoms with van der Waals surface area (Å²) >= 11 is 1.21. The van der Waals surface area contributed by atoms with Gasteiger partial charge in [-0.2, -0.15) is 0 Å². The highest BCUT2D eigenvalue weighted by molar-refractivity contribution is 7.90. The number of Topliss-reactive ketones (excluding diaryl/α,β-unsaturated/α-hetero) is 1. The number of aromatic nitrogens is 2. The SMILES string of the molecule is O=C(Cc1ccc(CS(=O)(=O)c2ccccc2)cc1)c1nncs1. The smallest absolute Gasteiger partial charge is 0.197 e. The molecule has 0 atom stereocenters. The Kier molecular flexibility index (Phi) is 4.82. The molecule has 5 nitrogen and oxygen atoms in total. The topological polar surface area (TPSA) is 77.0 Å². The summed E-state index contributed by atoms with van der Waals surface area (Å²) in [5.41, 5.74) is 3.02. The van der Waals surface area contributed by atoms with Crippen molar-refractivity contribution in [2.45, 2.75) is 17.1 Å². The van der Waals surface area contributed by atoms with Crippen molar-refractivity contribution in [1.82, 2.24) is 10.2 Å². The van der Waals surface area contributed by atoms with E-state index >= 15 is 0 Å². The minimum atomic E-state index is -3.37. The zero-order valence-corrected chi connectivity index (χ0v) is 14.3. The zero-order chi connectivity index (χ0) is 17.0. The van der Waals surface area contributed by atoms with Crippen molar-refractivity contribution < 1.29 is 13.2 Å².